The van der Waals surface area contributed by atoms with Gasteiger partial charge in [-0.1, -0.05) is 39.8 Å². The fourth-order valence-corrected chi connectivity index (χ4v) is 4.81. The van der Waals surface area contributed by atoms with Crippen LogP contribution in [0, 0.1) is 6.92 Å². The van der Waals surface area contributed by atoms with Crippen molar-refractivity contribution in [2.45, 2.75) is 64.7 Å². The second kappa shape index (κ2) is 9.48. The van der Waals surface area contributed by atoms with E-state index in [-0.39, 0.29) is 40.0 Å². The Morgan fingerprint density at radius 3 is 2.08 bits per heavy atom. The number of nitrogens with one attached hydrogen (secondary N) is 1. The molecule has 0 atom stereocenters. The predicted molar refractivity (Wildman–Crippen MR) is 138 cm³/mol. The Morgan fingerprint density at radius 1 is 0.944 bits per heavy atom. The fraction of sp³-hybridized carbons (Fsp3) is 0.464. The van der Waals surface area contributed by atoms with Crippen LogP contribution in [0.5, 0.6) is 17.8 Å². The number of methoxy groups -OCH3 is 3. The summed E-state index contributed by atoms with van der Waals surface area (Å²) in [5, 5.41) is 2.73. The van der Waals surface area contributed by atoms with Gasteiger partial charge in [-0.05, 0) is 65.0 Å². The maximum Gasteiger partial charge on any atom is 0.322 e. The topological polar surface area (TPSA) is 95.7 Å². The molecule has 0 spiro atoms. The van der Waals surface area contributed by atoms with Crippen LogP contribution in [0.15, 0.2) is 28.7 Å². The molecule has 1 aliphatic rings. The second-order valence-electron chi connectivity index (χ2n) is 10.6. The molecule has 3 aromatic rings. The molecule has 1 aromatic carbocycles. The standard InChI is InChI=1S/C28H35N3O5/c1-16-13-19-20(28(4,5)12-11-27(19,2)3)15-17(16)14-18-9-10-21(36-18)23(32)29-22-24(33-6)30-26(35-8)31-25(22)34-7/h9-10,13,15H,11-12,14H2,1-8H3,(H,29,32). The van der Waals surface area contributed by atoms with Crippen molar-refractivity contribution in [3.05, 3.63) is 58.0 Å². The summed E-state index contributed by atoms with van der Waals surface area (Å²) in [4.78, 5) is 21.2. The molecular formula is C28H35N3O5. The van der Waals surface area contributed by atoms with Gasteiger partial charge in [-0.25, -0.2) is 0 Å². The van der Waals surface area contributed by atoms with Gasteiger partial charge >= 0.3 is 6.01 Å². The van der Waals surface area contributed by atoms with Crippen molar-refractivity contribution in [3.8, 4) is 17.8 Å². The summed E-state index contributed by atoms with van der Waals surface area (Å²) in [5.74, 6) is 0.655. The number of benzene rings is 1. The lowest BCUT2D eigenvalue weighted by molar-refractivity contribution is 0.0994. The molecule has 36 heavy (non-hydrogen) atoms. The number of hydrogen-bond donors (Lipinski definition) is 1. The minimum absolute atomic E-state index is 0.0639. The van der Waals surface area contributed by atoms with Gasteiger partial charge in [0.05, 0.1) is 21.3 Å². The molecule has 0 bridgehead atoms. The maximum atomic E-state index is 13.0. The Morgan fingerprint density at radius 2 is 1.53 bits per heavy atom. The van der Waals surface area contributed by atoms with E-state index in [9.17, 15) is 4.79 Å². The molecule has 192 valence electrons. The van der Waals surface area contributed by atoms with Crippen molar-refractivity contribution in [2.24, 2.45) is 0 Å². The van der Waals surface area contributed by atoms with Gasteiger partial charge in [0, 0.05) is 6.42 Å². The van der Waals surface area contributed by atoms with Gasteiger partial charge in [-0.3, -0.25) is 4.79 Å². The average Bonchev–Trinajstić information content (AvgIpc) is 3.31. The number of furan rings is 1. The lowest BCUT2D eigenvalue weighted by atomic mass is 9.62. The van der Waals surface area contributed by atoms with Crippen molar-refractivity contribution in [3.63, 3.8) is 0 Å². The van der Waals surface area contributed by atoms with E-state index in [1.54, 1.807) is 6.07 Å². The Bertz CT molecular complexity index is 1270. The molecule has 0 aliphatic heterocycles. The van der Waals surface area contributed by atoms with Crippen molar-refractivity contribution >= 4 is 11.6 Å². The molecule has 1 N–H and O–H groups in total. The maximum absolute atomic E-state index is 13.0. The third-order valence-corrected chi connectivity index (χ3v) is 7.19. The molecule has 1 amide bonds. The third kappa shape index (κ3) is 4.76. The zero-order valence-corrected chi connectivity index (χ0v) is 22.4. The molecule has 0 saturated carbocycles. The van der Waals surface area contributed by atoms with Crippen molar-refractivity contribution in [1.82, 2.24) is 9.97 Å². The number of fused-ring (bicyclic) bond motifs is 1. The molecule has 8 nitrogen and oxygen atoms in total. The largest absolute Gasteiger partial charge is 0.479 e. The van der Waals surface area contributed by atoms with E-state index in [0.717, 1.165) is 6.42 Å². The van der Waals surface area contributed by atoms with E-state index in [0.29, 0.717) is 12.2 Å². The van der Waals surface area contributed by atoms with Crippen molar-refractivity contribution in [1.29, 1.82) is 0 Å². The molecule has 1 aliphatic carbocycles. The Labute approximate surface area is 212 Å². The third-order valence-electron chi connectivity index (χ3n) is 7.19. The number of hydrogen-bond acceptors (Lipinski definition) is 7. The highest BCUT2D eigenvalue weighted by atomic mass is 16.5. The van der Waals surface area contributed by atoms with E-state index in [4.69, 9.17) is 18.6 Å². The number of ether oxygens (including phenoxy) is 3. The molecule has 2 heterocycles. The lowest BCUT2D eigenvalue weighted by Gasteiger charge is -2.42. The van der Waals surface area contributed by atoms with Gasteiger partial charge in [-0.15, -0.1) is 0 Å². The first-order valence-corrected chi connectivity index (χ1v) is 12.1. The van der Waals surface area contributed by atoms with Crippen LogP contribution >= 0.6 is 0 Å². The van der Waals surface area contributed by atoms with Crippen LogP contribution in [0.4, 0.5) is 5.69 Å². The molecule has 8 heteroatoms. The van der Waals surface area contributed by atoms with Crippen LogP contribution in [0.1, 0.15) is 79.1 Å². The highest BCUT2D eigenvalue weighted by molar-refractivity contribution is 6.03. The van der Waals surface area contributed by atoms with E-state index >= 15 is 0 Å². The molecule has 0 radical (unpaired) electrons. The summed E-state index contributed by atoms with van der Waals surface area (Å²) >= 11 is 0. The van der Waals surface area contributed by atoms with Gasteiger partial charge in [-0.2, -0.15) is 9.97 Å². The molecule has 0 saturated heterocycles. The first-order valence-electron chi connectivity index (χ1n) is 12.1. The Kier molecular flexibility index (Phi) is 6.73. The highest BCUT2D eigenvalue weighted by Crippen LogP contribution is 2.46. The lowest BCUT2D eigenvalue weighted by Crippen LogP contribution is -2.34. The minimum atomic E-state index is -0.461. The van der Waals surface area contributed by atoms with E-state index in [2.05, 4.69) is 62.0 Å². The van der Waals surface area contributed by atoms with Crippen molar-refractivity contribution in [2.75, 3.05) is 26.6 Å². The summed E-state index contributed by atoms with van der Waals surface area (Å²) in [6.07, 6.45) is 2.93. The number of aromatic nitrogens is 2. The number of rotatable bonds is 7. The van der Waals surface area contributed by atoms with Gasteiger partial charge in [0.15, 0.2) is 11.4 Å². The quantitative estimate of drug-likeness (QED) is 0.458. The average molecular weight is 494 g/mol. The number of aryl methyl sites for hydroxylation is 1. The number of amides is 1. The molecule has 4 rings (SSSR count). The monoisotopic (exact) mass is 493 g/mol. The zero-order valence-electron chi connectivity index (χ0n) is 22.4. The number of nitrogens with zero attached hydrogens (tertiary/aromatic N) is 2. The Hall–Kier alpha value is -3.55. The number of anilines is 1. The smallest absolute Gasteiger partial charge is 0.322 e. The van der Waals surface area contributed by atoms with E-state index < -0.39 is 5.91 Å². The molecule has 0 unspecified atom stereocenters. The predicted octanol–water partition coefficient (Wildman–Crippen LogP) is 5.60. The van der Waals surface area contributed by atoms with Gasteiger partial charge < -0.3 is 23.9 Å². The second-order valence-corrected chi connectivity index (χ2v) is 10.6. The van der Waals surface area contributed by atoms with Crippen LogP contribution in [-0.2, 0) is 17.3 Å². The number of carbonyl (C=O) groups excluding carboxylic acids is 1. The van der Waals surface area contributed by atoms with Crippen LogP contribution < -0.4 is 19.5 Å². The minimum Gasteiger partial charge on any atom is -0.479 e. The molecule has 2 aromatic heterocycles. The zero-order chi connectivity index (χ0) is 26.3. The summed E-state index contributed by atoms with van der Waals surface area (Å²) in [5.41, 5.74) is 5.75. The van der Waals surface area contributed by atoms with Crippen molar-refractivity contribution < 1.29 is 23.4 Å². The van der Waals surface area contributed by atoms with Gasteiger partial charge in [0.2, 0.25) is 11.8 Å². The first kappa shape index (κ1) is 25.5. The van der Waals surface area contributed by atoms with Crippen LogP contribution in [0.25, 0.3) is 0 Å². The fourth-order valence-electron chi connectivity index (χ4n) is 4.81. The SMILES string of the molecule is COc1nc(OC)c(NC(=O)c2ccc(Cc3cc4c(cc3C)C(C)(C)CCC4(C)C)o2)c(OC)n1. The van der Waals surface area contributed by atoms with E-state index in [1.807, 2.05) is 6.07 Å². The summed E-state index contributed by atoms with van der Waals surface area (Å²) in [6.45, 7) is 11.4. The van der Waals surface area contributed by atoms with E-state index in [1.165, 1.54) is 50.0 Å². The summed E-state index contributed by atoms with van der Waals surface area (Å²) < 4.78 is 21.6. The van der Waals surface area contributed by atoms with Crippen LogP contribution in [0.2, 0.25) is 0 Å². The summed E-state index contributed by atoms with van der Waals surface area (Å²) in [6, 6.07) is 8.23. The summed E-state index contributed by atoms with van der Waals surface area (Å²) in [7, 11) is 4.30. The molecular weight excluding hydrogens is 458 g/mol. The molecule has 0 fully saturated rings. The normalized spacial score (nSPS) is 15.7. The van der Waals surface area contributed by atoms with Gasteiger partial charge in [0.1, 0.15) is 5.76 Å². The van der Waals surface area contributed by atoms with Crippen LogP contribution in [-0.4, -0.2) is 37.2 Å². The van der Waals surface area contributed by atoms with Crippen LogP contribution in [0.3, 0.4) is 0 Å². The highest BCUT2D eigenvalue weighted by Gasteiger charge is 2.37. The number of carbonyl (C=O) groups is 1. The van der Waals surface area contributed by atoms with Gasteiger partial charge in [0.25, 0.3) is 5.91 Å². The first-order chi connectivity index (χ1) is 17.0. The Balaban J connectivity index is 1.58.